The molecule has 0 aliphatic carbocycles. The Morgan fingerprint density at radius 1 is 0.895 bits per heavy atom. The van der Waals surface area contributed by atoms with Crippen molar-refractivity contribution in [2.45, 2.75) is 0 Å². The molecule has 0 unspecified atom stereocenters. The third-order valence-corrected chi connectivity index (χ3v) is 3.49. The van der Waals surface area contributed by atoms with Crippen LogP contribution >= 0.6 is 23.2 Å². The number of benzene rings is 2. The third kappa shape index (κ3) is 2.18. The molecule has 1 nitrogen and oxygen atoms in total. The molecule has 3 rings (SSSR count). The van der Waals surface area contributed by atoms with Gasteiger partial charge in [0.25, 0.3) is 0 Å². The van der Waals surface area contributed by atoms with E-state index in [9.17, 15) is 4.39 Å². The first kappa shape index (κ1) is 12.4. The summed E-state index contributed by atoms with van der Waals surface area (Å²) >= 11 is 12.2. The fraction of sp³-hybridized carbons (Fsp3) is 0. The van der Waals surface area contributed by atoms with E-state index in [-0.39, 0.29) is 5.39 Å². The molecule has 3 aromatic rings. The van der Waals surface area contributed by atoms with E-state index in [0.29, 0.717) is 21.3 Å². The third-order valence-electron chi connectivity index (χ3n) is 2.88. The zero-order chi connectivity index (χ0) is 13.4. The Kier molecular flexibility index (Phi) is 3.13. The lowest BCUT2D eigenvalue weighted by atomic mass is 10.1. The number of pyridine rings is 1. The summed E-state index contributed by atoms with van der Waals surface area (Å²) in [6.07, 6.45) is 0. The van der Waals surface area contributed by atoms with Crippen LogP contribution in [0.2, 0.25) is 10.0 Å². The van der Waals surface area contributed by atoms with Gasteiger partial charge in [-0.3, -0.25) is 0 Å². The first-order valence-corrected chi connectivity index (χ1v) is 6.42. The highest BCUT2D eigenvalue weighted by Crippen LogP contribution is 2.33. The van der Waals surface area contributed by atoms with Gasteiger partial charge in [-0.25, -0.2) is 9.37 Å². The Labute approximate surface area is 119 Å². The van der Waals surface area contributed by atoms with Gasteiger partial charge in [0, 0.05) is 5.56 Å². The average Bonchev–Trinajstić information content (AvgIpc) is 2.43. The Morgan fingerprint density at radius 2 is 1.63 bits per heavy atom. The molecule has 0 bridgehead atoms. The molecule has 0 spiro atoms. The summed E-state index contributed by atoms with van der Waals surface area (Å²) in [7, 11) is 0. The fourth-order valence-corrected chi connectivity index (χ4v) is 2.46. The summed E-state index contributed by atoms with van der Waals surface area (Å²) in [6.45, 7) is 0. The van der Waals surface area contributed by atoms with Gasteiger partial charge in [-0.15, -0.1) is 0 Å². The van der Waals surface area contributed by atoms with Gasteiger partial charge in [0.2, 0.25) is 0 Å². The molecule has 0 N–H and O–H groups in total. The summed E-state index contributed by atoms with van der Waals surface area (Å²) in [5, 5.41) is 0.953. The van der Waals surface area contributed by atoms with E-state index in [2.05, 4.69) is 4.98 Å². The van der Waals surface area contributed by atoms with Crippen LogP contribution in [0.1, 0.15) is 0 Å². The summed E-state index contributed by atoms with van der Waals surface area (Å²) in [4.78, 5) is 4.41. The number of nitrogens with zero attached hydrogens (tertiary/aromatic N) is 1. The lowest BCUT2D eigenvalue weighted by Crippen LogP contribution is -1.90. The van der Waals surface area contributed by atoms with Gasteiger partial charge in [0.05, 0.1) is 26.6 Å². The predicted molar refractivity (Wildman–Crippen MR) is 77.2 cm³/mol. The maximum atomic E-state index is 13.8. The minimum Gasteiger partial charge on any atom is -0.246 e. The van der Waals surface area contributed by atoms with Crippen molar-refractivity contribution in [2.24, 2.45) is 0 Å². The first-order valence-electron chi connectivity index (χ1n) is 5.66. The average molecular weight is 292 g/mol. The van der Waals surface area contributed by atoms with Crippen molar-refractivity contribution in [3.8, 4) is 11.3 Å². The summed E-state index contributed by atoms with van der Waals surface area (Å²) in [5.41, 5.74) is 1.96. The van der Waals surface area contributed by atoms with E-state index in [1.807, 2.05) is 30.3 Å². The molecule has 0 radical (unpaired) electrons. The highest BCUT2D eigenvalue weighted by molar-refractivity contribution is 6.39. The second-order valence-corrected chi connectivity index (χ2v) is 4.92. The van der Waals surface area contributed by atoms with E-state index in [1.165, 1.54) is 12.1 Å². The highest BCUT2D eigenvalue weighted by atomic mass is 35.5. The fourth-order valence-electron chi connectivity index (χ4n) is 1.98. The first-order chi connectivity index (χ1) is 9.16. The van der Waals surface area contributed by atoms with Crippen LogP contribution in [0.3, 0.4) is 0 Å². The Balaban J connectivity index is 2.34. The molecular formula is C15H8Cl2FN. The van der Waals surface area contributed by atoms with E-state index >= 15 is 0 Å². The lowest BCUT2D eigenvalue weighted by molar-refractivity contribution is 0.639. The van der Waals surface area contributed by atoms with Crippen LogP contribution in [0.25, 0.3) is 22.2 Å². The number of fused-ring (bicyclic) bond motifs is 1. The van der Waals surface area contributed by atoms with Crippen LogP contribution in [0.15, 0.2) is 48.5 Å². The zero-order valence-corrected chi connectivity index (χ0v) is 11.2. The van der Waals surface area contributed by atoms with Gasteiger partial charge in [0.15, 0.2) is 0 Å². The molecule has 1 heterocycles. The quantitative estimate of drug-likeness (QED) is 0.589. The normalized spacial score (nSPS) is 10.9. The van der Waals surface area contributed by atoms with Gasteiger partial charge >= 0.3 is 0 Å². The molecule has 0 aliphatic heterocycles. The molecule has 0 fully saturated rings. The smallest absolute Gasteiger partial charge is 0.134 e. The molecule has 4 heteroatoms. The van der Waals surface area contributed by atoms with Crippen molar-refractivity contribution in [1.82, 2.24) is 4.98 Å². The largest absolute Gasteiger partial charge is 0.246 e. The monoisotopic (exact) mass is 291 g/mol. The highest BCUT2D eigenvalue weighted by Gasteiger charge is 2.12. The Hall–Kier alpha value is -1.64. The Morgan fingerprint density at radius 3 is 2.37 bits per heavy atom. The van der Waals surface area contributed by atoms with Crippen molar-refractivity contribution in [1.29, 1.82) is 0 Å². The number of hydrogen-bond acceptors (Lipinski definition) is 1. The van der Waals surface area contributed by atoms with E-state index in [1.54, 1.807) is 6.07 Å². The lowest BCUT2D eigenvalue weighted by Gasteiger charge is -2.07. The van der Waals surface area contributed by atoms with Crippen LogP contribution in [0, 0.1) is 5.82 Å². The van der Waals surface area contributed by atoms with Crippen LogP contribution < -0.4 is 0 Å². The molecule has 0 atom stereocenters. The molecule has 0 saturated carbocycles. The molecule has 19 heavy (non-hydrogen) atoms. The topological polar surface area (TPSA) is 12.9 Å². The summed E-state index contributed by atoms with van der Waals surface area (Å²) in [5.74, 6) is -0.420. The minimum absolute atomic E-state index is 0.258. The van der Waals surface area contributed by atoms with Crippen LogP contribution in [0.4, 0.5) is 4.39 Å². The van der Waals surface area contributed by atoms with Crippen molar-refractivity contribution >= 4 is 34.1 Å². The van der Waals surface area contributed by atoms with E-state index in [4.69, 9.17) is 23.2 Å². The second-order valence-electron chi connectivity index (χ2n) is 4.11. The van der Waals surface area contributed by atoms with Crippen molar-refractivity contribution in [3.63, 3.8) is 0 Å². The maximum absolute atomic E-state index is 13.8. The Bertz CT molecular complexity index is 757. The van der Waals surface area contributed by atoms with Gasteiger partial charge in [-0.05, 0) is 18.2 Å². The SMILES string of the molecule is Fc1ccc(Cl)c2nc(-c3ccccc3)cc(Cl)c12. The number of halogens is 3. The van der Waals surface area contributed by atoms with Crippen molar-refractivity contribution in [2.75, 3.05) is 0 Å². The van der Waals surface area contributed by atoms with Crippen LogP contribution in [0.5, 0.6) is 0 Å². The second kappa shape index (κ2) is 4.80. The zero-order valence-electron chi connectivity index (χ0n) is 9.70. The molecular weight excluding hydrogens is 284 g/mol. The molecule has 0 amide bonds. The molecule has 0 saturated heterocycles. The van der Waals surface area contributed by atoms with E-state index < -0.39 is 5.82 Å². The predicted octanol–water partition coefficient (Wildman–Crippen LogP) is 5.35. The minimum atomic E-state index is -0.420. The van der Waals surface area contributed by atoms with Crippen LogP contribution in [-0.2, 0) is 0 Å². The van der Waals surface area contributed by atoms with Crippen molar-refractivity contribution in [3.05, 3.63) is 64.4 Å². The van der Waals surface area contributed by atoms with Gasteiger partial charge in [-0.1, -0.05) is 53.5 Å². The summed E-state index contributed by atoms with van der Waals surface area (Å²) in [6, 6.07) is 14.0. The number of hydrogen-bond donors (Lipinski definition) is 0. The molecule has 0 aliphatic rings. The molecule has 94 valence electrons. The van der Waals surface area contributed by atoms with Gasteiger partial charge in [0.1, 0.15) is 5.82 Å². The van der Waals surface area contributed by atoms with E-state index in [0.717, 1.165) is 5.56 Å². The molecule has 2 aromatic carbocycles. The summed E-state index contributed by atoms with van der Waals surface area (Å²) < 4.78 is 13.8. The molecule has 1 aromatic heterocycles. The standard InChI is InChI=1S/C15H8Cl2FN/c16-10-6-7-12(18)14-11(17)8-13(19-15(10)14)9-4-2-1-3-5-9/h1-8H. The van der Waals surface area contributed by atoms with Crippen LogP contribution in [-0.4, -0.2) is 4.98 Å². The number of rotatable bonds is 1. The number of aromatic nitrogens is 1. The van der Waals surface area contributed by atoms with Crippen molar-refractivity contribution < 1.29 is 4.39 Å². The van der Waals surface area contributed by atoms with Gasteiger partial charge < -0.3 is 0 Å². The maximum Gasteiger partial charge on any atom is 0.134 e. The van der Waals surface area contributed by atoms with Gasteiger partial charge in [-0.2, -0.15) is 0 Å².